The van der Waals surface area contributed by atoms with Crippen molar-refractivity contribution in [3.8, 4) is 23.0 Å². The van der Waals surface area contributed by atoms with Crippen molar-refractivity contribution in [3.63, 3.8) is 0 Å². The molecule has 1 aliphatic heterocycles. The number of hydrogen-bond donors (Lipinski definition) is 0. The molecule has 0 bridgehead atoms. The van der Waals surface area contributed by atoms with Gasteiger partial charge in [0, 0.05) is 22.2 Å². The van der Waals surface area contributed by atoms with Gasteiger partial charge >= 0.3 is 5.97 Å². The molecule has 0 saturated heterocycles. The number of carbonyl (C=O) groups is 1. The van der Waals surface area contributed by atoms with E-state index in [9.17, 15) is 9.59 Å². The first-order valence-electron chi connectivity index (χ1n) is 15.4. The van der Waals surface area contributed by atoms with Crippen molar-refractivity contribution in [2.75, 3.05) is 27.4 Å². The number of benzene rings is 3. The molecule has 5 rings (SSSR count). The van der Waals surface area contributed by atoms with Crippen LogP contribution in [0.25, 0.3) is 6.08 Å². The summed E-state index contributed by atoms with van der Waals surface area (Å²) in [6.45, 7) is 10.2. The van der Waals surface area contributed by atoms with E-state index in [0.29, 0.717) is 68.2 Å². The summed E-state index contributed by atoms with van der Waals surface area (Å²) >= 11 is 7.29. The fourth-order valence-corrected chi connectivity index (χ4v) is 6.69. The third-order valence-electron chi connectivity index (χ3n) is 7.66. The number of allylic oxidation sites excluding steroid dienone is 2. The molecule has 0 saturated carbocycles. The molecule has 1 aromatic heterocycles. The van der Waals surface area contributed by atoms with Crippen molar-refractivity contribution in [3.05, 3.63) is 125 Å². The smallest absolute Gasteiger partial charge is 0.338 e. The molecular formula is C37H37ClN2O7S. The number of rotatable bonds is 13. The number of thiazole rings is 1. The molecule has 1 aliphatic rings. The molecule has 0 N–H and O–H groups in total. The Hall–Kier alpha value is -4.80. The molecule has 2 heterocycles. The SMILES string of the molecule is C=CCc1cc(/C=c2/sc3n(c2=O)[C@H](c2ccc(OC)cc2OC)C(C(=O)OCC)=C(C)N=3)cc(OCC)c1OCc1ccc(Cl)cc1. The van der Waals surface area contributed by atoms with Gasteiger partial charge in [-0.3, -0.25) is 9.36 Å². The zero-order valence-electron chi connectivity index (χ0n) is 27.5. The Bertz CT molecular complexity index is 2050. The van der Waals surface area contributed by atoms with Crippen molar-refractivity contribution in [2.24, 2.45) is 4.99 Å². The van der Waals surface area contributed by atoms with E-state index >= 15 is 0 Å². The molecule has 0 spiro atoms. The minimum absolute atomic E-state index is 0.168. The summed E-state index contributed by atoms with van der Waals surface area (Å²) in [5, 5.41) is 0.650. The van der Waals surface area contributed by atoms with E-state index in [0.717, 1.165) is 16.7 Å². The van der Waals surface area contributed by atoms with Gasteiger partial charge in [-0.1, -0.05) is 41.1 Å². The van der Waals surface area contributed by atoms with E-state index in [1.807, 2.05) is 43.3 Å². The minimum Gasteiger partial charge on any atom is -0.497 e. The highest BCUT2D eigenvalue weighted by atomic mass is 35.5. The van der Waals surface area contributed by atoms with Crippen LogP contribution in [-0.4, -0.2) is 38.0 Å². The highest BCUT2D eigenvalue weighted by Crippen LogP contribution is 2.38. The fourth-order valence-electron chi connectivity index (χ4n) is 5.52. The van der Waals surface area contributed by atoms with Crippen LogP contribution in [0, 0.1) is 0 Å². The molecule has 4 aromatic rings. The van der Waals surface area contributed by atoms with Crippen LogP contribution in [0.2, 0.25) is 5.02 Å². The monoisotopic (exact) mass is 688 g/mol. The first-order valence-corrected chi connectivity index (χ1v) is 16.6. The fraction of sp³-hybridized carbons (Fsp3) is 0.270. The zero-order valence-corrected chi connectivity index (χ0v) is 29.1. The summed E-state index contributed by atoms with van der Waals surface area (Å²) < 4.78 is 30.8. The van der Waals surface area contributed by atoms with Gasteiger partial charge in [-0.15, -0.1) is 6.58 Å². The van der Waals surface area contributed by atoms with Gasteiger partial charge in [0.2, 0.25) is 0 Å². The molecular weight excluding hydrogens is 652 g/mol. The average molecular weight is 689 g/mol. The number of hydrogen-bond acceptors (Lipinski definition) is 9. The molecule has 1 atom stereocenters. The average Bonchev–Trinajstić information content (AvgIpc) is 3.38. The largest absolute Gasteiger partial charge is 0.497 e. The number of halogens is 1. The first kappa shape index (κ1) is 34.5. The first-order chi connectivity index (χ1) is 23.2. The second-order valence-corrected chi connectivity index (χ2v) is 12.2. The predicted octanol–water partition coefficient (Wildman–Crippen LogP) is 6.18. The quantitative estimate of drug-likeness (QED) is 0.122. The molecule has 11 heteroatoms. The number of nitrogens with zero attached hydrogens (tertiary/aromatic N) is 2. The van der Waals surface area contributed by atoms with E-state index in [-0.39, 0.29) is 17.7 Å². The highest BCUT2D eigenvalue weighted by Gasteiger charge is 2.35. The maximum absolute atomic E-state index is 14.3. The number of esters is 1. The Balaban J connectivity index is 1.65. The maximum Gasteiger partial charge on any atom is 0.338 e. The molecule has 9 nitrogen and oxygen atoms in total. The number of ether oxygens (including phenoxy) is 5. The van der Waals surface area contributed by atoms with Crippen molar-refractivity contribution in [1.29, 1.82) is 0 Å². The van der Waals surface area contributed by atoms with Crippen molar-refractivity contribution >= 4 is 35.0 Å². The van der Waals surface area contributed by atoms with Crippen LogP contribution in [0.5, 0.6) is 23.0 Å². The third kappa shape index (κ3) is 7.19. The van der Waals surface area contributed by atoms with Crippen LogP contribution in [0.4, 0.5) is 0 Å². The van der Waals surface area contributed by atoms with E-state index in [2.05, 4.69) is 6.58 Å². The van der Waals surface area contributed by atoms with Gasteiger partial charge in [-0.05, 0) is 80.8 Å². The molecule has 0 unspecified atom stereocenters. The summed E-state index contributed by atoms with van der Waals surface area (Å²) in [6.07, 6.45) is 4.10. The van der Waals surface area contributed by atoms with E-state index in [1.54, 1.807) is 51.3 Å². The molecule has 48 heavy (non-hydrogen) atoms. The van der Waals surface area contributed by atoms with Crippen molar-refractivity contribution in [2.45, 2.75) is 39.8 Å². The standard InChI is InChI=1S/C37H37ClN2O7S/c1-7-10-25-17-24(18-30(45-8-2)34(25)47-21-23-11-13-26(38)14-12-23)19-31-35(41)40-33(28-16-15-27(43-5)20-29(28)44-6)32(36(42)46-9-3)22(4)39-37(40)48-31/h7,11-20,33H,1,8-10,21H2,2-6H3/b31-19+/t33-/m1/s1. The molecule has 0 aliphatic carbocycles. The van der Waals surface area contributed by atoms with Crippen LogP contribution < -0.4 is 33.8 Å². The summed E-state index contributed by atoms with van der Waals surface area (Å²) in [5.41, 5.74) is 3.54. The van der Waals surface area contributed by atoms with Crippen LogP contribution in [-0.2, 0) is 22.6 Å². The van der Waals surface area contributed by atoms with Gasteiger partial charge in [0.1, 0.15) is 24.1 Å². The molecule has 0 amide bonds. The minimum atomic E-state index is -0.845. The number of methoxy groups -OCH3 is 2. The highest BCUT2D eigenvalue weighted by molar-refractivity contribution is 7.07. The van der Waals surface area contributed by atoms with Gasteiger partial charge in [-0.25, -0.2) is 9.79 Å². The molecule has 0 fully saturated rings. The summed E-state index contributed by atoms with van der Waals surface area (Å²) in [5.74, 6) is 1.62. The maximum atomic E-state index is 14.3. The van der Waals surface area contributed by atoms with Gasteiger partial charge in [0.15, 0.2) is 16.3 Å². The lowest BCUT2D eigenvalue weighted by Gasteiger charge is -2.26. The Morgan fingerprint density at radius 1 is 1.02 bits per heavy atom. The van der Waals surface area contributed by atoms with Gasteiger partial charge in [-0.2, -0.15) is 0 Å². The topological polar surface area (TPSA) is 97.6 Å². The second kappa shape index (κ2) is 15.4. The molecule has 3 aromatic carbocycles. The van der Waals surface area contributed by atoms with E-state index in [4.69, 9.17) is 40.3 Å². The Kier molecular flexibility index (Phi) is 11.1. The van der Waals surface area contributed by atoms with E-state index in [1.165, 1.54) is 23.0 Å². The van der Waals surface area contributed by atoms with Gasteiger partial charge < -0.3 is 23.7 Å². The van der Waals surface area contributed by atoms with Gasteiger partial charge in [0.25, 0.3) is 5.56 Å². The second-order valence-electron chi connectivity index (χ2n) is 10.8. The Labute approximate surface area is 288 Å². The van der Waals surface area contributed by atoms with Gasteiger partial charge in [0.05, 0.1) is 43.2 Å². The lowest BCUT2D eigenvalue weighted by Crippen LogP contribution is -2.40. The number of fused-ring (bicyclic) bond motifs is 1. The summed E-state index contributed by atoms with van der Waals surface area (Å²) in [7, 11) is 3.09. The number of aromatic nitrogens is 1. The Morgan fingerprint density at radius 2 is 1.79 bits per heavy atom. The molecule has 250 valence electrons. The summed E-state index contributed by atoms with van der Waals surface area (Å²) in [4.78, 5) is 32.8. The lowest BCUT2D eigenvalue weighted by atomic mass is 9.95. The van der Waals surface area contributed by atoms with Crippen LogP contribution in [0.3, 0.4) is 0 Å². The number of carbonyl (C=O) groups excluding carboxylic acids is 1. The van der Waals surface area contributed by atoms with Crippen molar-refractivity contribution in [1.82, 2.24) is 4.57 Å². The Morgan fingerprint density at radius 3 is 2.46 bits per heavy atom. The predicted molar refractivity (Wildman–Crippen MR) is 187 cm³/mol. The molecule has 0 radical (unpaired) electrons. The van der Waals surface area contributed by atoms with Crippen LogP contribution >= 0.6 is 22.9 Å². The normalized spacial score (nSPS) is 14.2. The van der Waals surface area contributed by atoms with Crippen LogP contribution in [0.15, 0.2) is 88.3 Å². The van der Waals surface area contributed by atoms with E-state index < -0.39 is 12.0 Å². The summed E-state index contributed by atoms with van der Waals surface area (Å²) in [6, 6.07) is 15.7. The lowest BCUT2D eigenvalue weighted by molar-refractivity contribution is -0.139. The van der Waals surface area contributed by atoms with Crippen molar-refractivity contribution < 1.29 is 28.5 Å². The van der Waals surface area contributed by atoms with Crippen LogP contribution in [0.1, 0.15) is 49.1 Å². The third-order valence-corrected chi connectivity index (χ3v) is 8.90. The zero-order chi connectivity index (χ0) is 34.4.